The average molecular weight is 340 g/mol. The zero-order valence-electron chi connectivity index (χ0n) is 15.2. The van der Waals surface area contributed by atoms with Crippen molar-refractivity contribution in [2.45, 2.75) is 44.6 Å². The highest BCUT2D eigenvalue weighted by molar-refractivity contribution is 5.83. The van der Waals surface area contributed by atoms with Gasteiger partial charge in [-0.25, -0.2) is 0 Å². The summed E-state index contributed by atoms with van der Waals surface area (Å²) in [6.07, 6.45) is 6.43. The van der Waals surface area contributed by atoms with Crippen LogP contribution in [0.15, 0.2) is 0 Å². The molecule has 0 spiro atoms. The van der Waals surface area contributed by atoms with E-state index in [2.05, 4.69) is 6.92 Å². The topological polar surface area (TPSA) is 46.5 Å². The van der Waals surface area contributed by atoms with Crippen LogP contribution in [0.25, 0.3) is 0 Å². The van der Waals surface area contributed by atoms with Crippen LogP contribution < -0.4 is 0 Å². The van der Waals surface area contributed by atoms with E-state index >= 15 is 0 Å². The third-order valence-corrected chi connectivity index (χ3v) is 12.2. The molecule has 0 radical (unpaired) electrons. The molecule has 25 heavy (non-hydrogen) atoms. The van der Waals surface area contributed by atoms with Crippen LogP contribution in [0, 0.1) is 75.9 Å². The Balaban J connectivity index is 1.53. The molecule has 14 atom stereocenters. The molecule has 9 fully saturated rings. The maximum Gasteiger partial charge on any atom is 0.315 e. The molecule has 0 unspecified atom stereocenters. The lowest BCUT2D eigenvalue weighted by molar-refractivity contribution is -0.262. The van der Waals surface area contributed by atoms with Crippen molar-refractivity contribution in [2.75, 3.05) is 7.11 Å². The summed E-state index contributed by atoms with van der Waals surface area (Å²) in [5, 5.41) is 12.6. The van der Waals surface area contributed by atoms with Crippen LogP contribution in [0.2, 0.25) is 0 Å². The summed E-state index contributed by atoms with van der Waals surface area (Å²) < 4.78 is 5.56. The van der Waals surface area contributed by atoms with Gasteiger partial charge in [0.2, 0.25) is 0 Å². The predicted molar refractivity (Wildman–Crippen MR) is 89.0 cm³/mol. The van der Waals surface area contributed by atoms with E-state index in [1.807, 2.05) is 0 Å². The Labute approximate surface area is 148 Å². The highest BCUT2D eigenvalue weighted by atomic mass is 16.5. The standard InChI is InChI=1S/C22H28O3/c1-20-15-8-4-3-5-9(8)16-13(15)14-17-10-6-7-11(12(10)18(14)20)22(20,24)21(16,17)19(23)25-2/h8-18,24H,3-7H2,1-2H3/t8-,9+,10-,11-,12-,13-,14+,15-,16-,17+,18+,20+,21-,22+/m1/s1. The first-order valence-corrected chi connectivity index (χ1v) is 10.9. The van der Waals surface area contributed by atoms with Gasteiger partial charge >= 0.3 is 5.97 Å². The normalized spacial score (nSPS) is 76.8. The number of hydrogen-bond acceptors (Lipinski definition) is 3. The molecule has 0 amide bonds. The lowest BCUT2D eigenvalue weighted by Gasteiger charge is -2.62. The van der Waals surface area contributed by atoms with E-state index in [0.29, 0.717) is 35.5 Å². The van der Waals surface area contributed by atoms with E-state index in [1.165, 1.54) is 32.1 Å². The second-order valence-electron chi connectivity index (χ2n) is 11.4. The molecule has 0 saturated heterocycles. The fourth-order valence-corrected chi connectivity index (χ4v) is 13.0. The minimum Gasteiger partial charge on any atom is -0.468 e. The van der Waals surface area contributed by atoms with Crippen LogP contribution in [0.3, 0.4) is 0 Å². The van der Waals surface area contributed by atoms with Gasteiger partial charge in [0.05, 0.1) is 12.7 Å². The molecular weight excluding hydrogens is 312 g/mol. The molecule has 9 aliphatic rings. The summed E-state index contributed by atoms with van der Waals surface area (Å²) in [7, 11) is 1.58. The van der Waals surface area contributed by atoms with Gasteiger partial charge in [0.15, 0.2) is 0 Å². The molecular formula is C22H28O3. The third-order valence-electron chi connectivity index (χ3n) is 12.2. The maximum absolute atomic E-state index is 13.6. The fraction of sp³-hybridized carbons (Fsp3) is 0.955. The quantitative estimate of drug-likeness (QED) is 0.747. The molecule has 9 bridgehead atoms. The molecule has 3 nitrogen and oxygen atoms in total. The minimum absolute atomic E-state index is 0.00220. The molecule has 9 saturated carbocycles. The van der Waals surface area contributed by atoms with E-state index < -0.39 is 11.0 Å². The highest BCUT2D eigenvalue weighted by Crippen LogP contribution is 2.98. The Morgan fingerprint density at radius 2 is 1.60 bits per heavy atom. The third kappa shape index (κ3) is 0.822. The van der Waals surface area contributed by atoms with Crippen LogP contribution in [-0.4, -0.2) is 23.8 Å². The number of rotatable bonds is 1. The molecule has 134 valence electrons. The van der Waals surface area contributed by atoms with Crippen LogP contribution in [-0.2, 0) is 9.53 Å². The molecule has 0 heterocycles. The Bertz CT molecular complexity index is 762. The van der Waals surface area contributed by atoms with Gasteiger partial charge in [0, 0.05) is 5.41 Å². The van der Waals surface area contributed by atoms with Crippen molar-refractivity contribution in [1.82, 2.24) is 0 Å². The summed E-state index contributed by atoms with van der Waals surface area (Å²) in [6, 6.07) is 0. The Morgan fingerprint density at radius 3 is 2.36 bits per heavy atom. The van der Waals surface area contributed by atoms with Crippen LogP contribution in [0.1, 0.15) is 39.0 Å². The van der Waals surface area contributed by atoms with Crippen molar-refractivity contribution >= 4 is 5.97 Å². The second-order valence-corrected chi connectivity index (χ2v) is 11.4. The van der Waals surface area contributed by atoms with Gasteiger partial charge in [-0.1, -0.05) is 13.3 Å². The molecule has 0 aromatic rings. The molecule has 9 rings (SSSR count). The number of esters is 1. The Kier molecular flexibility index (Phi) is 1.81. The second kappa shape index (κ2) is 3.34. The van der Waals surface area contributed by atoms with Gasteiger partial charge in [0.1, 0.15) is 5.41 Å². The SMILES string of the molecule is COC(=O)[C@]12[C@@H]3[C@H]4CCC[C@H]4[C@@H]4[C@H]3[C@@H]3[C@@H]5[C@@H]6[C@@H](CC[C@H]6[C@]1(O)[C@]54C)[C@@H]32. The summed E-state index contributed by atoms with van der Waals surface area (Å²) >= 11 is 0. The van der Waals surface area contributed by atoms with Gasteiger partial charge in [0.25, 0.3) is 0 Å². The van der Waals surface area contributed by atoms with Crippen molar-refractivity contribution in [2.24, 2.45) is 75.9 Å². The molecule has 0 aromatic carbocycles. The summed E-state index contributed by atoms with van der Waals surface area (Å²) in [6.45, 7) is 2.45. The number of carbonyl (C=O) groups excluding carboxylic acids is 1. The van der Waals surface area contributed by atoms with E-state index in [-0.39, 0.29) is 11.4 Å². The summed E-state index contributed by atoms with van der Waals surface area (Å²) in [5.41, 5.74) is -1.30. The van der Waals surface area contributed by atoms with Crippen LogP contribution in [0.5, 0.6) is 0 Å². The van der Waals surface area contributed by atoms with Crippen LogP contribution in [0.4, 0.5) is 0 Å². The fourth-order valence-electron chi connectivity index (χ4n) is 13.0. The maximum atomic E-state index is 13.6. The lowest BCUT2D eigenvalue weighted by Crippen LogP contribution is -2.72. The van der Waals surface area contributed by atoms with E-state index in [9.17, 15) is 9.90 Å². The number of carbonyl (C=O) groups is 1. The Morgan fingerprint density at radius 1 is 0.920 bits per heavy atom. The van der Waals surface area contributed by atoms with Crippen LogP contribution >= 0.6 is 0 Å². The molecule has 1 N–H and O–H groups in total. The van der Waals surface area contributed by atoms with Gasteiger partial charge in [-0.3, -0.25) is 4.79 Å². The molecule has 9 aliphatic carbocycles. The highest BCUT2D eigenvalue weighted by Gasteiger charge is 3.01. The number of methoxy groups -OCH3 is 1. The van der Waals surface area contributed by atoms with Gasteiger partial charge in [-0.2, -0.15) is 0 Å². The van der Waals surface area contributed by atoms with E-state index in [0.717, 1.165) is 29.6 Å². The van der Waals surface area contributed by atoms with Crippen molar-refractivity contribution in [3.63, 3.8) is 0 Å². The smallest absolute Gasteiger partial charge is 0.315 e. The summed E-state index contributed by atoms with van der Waals surface area (Å²) in [4.78, 5) is 13.6. The molecule has 0 aromatic heterocycles. The van der Waals surface area contributed by atoms with Gasteiger partial charge in [-0.15, -0.1) is 0 Å². The van der Waals surface area contributed by atoms with E-state index in [1.54, 1.807) is 7.11 Å². The number of hydrogen-bond donors (Lipinski definition) is 1. The minimum atomic E-state index is -0.761. The zero-order valence-corrected chi connectivity index (χ0v) is 15.2. The monoisotopic (exact) mass is 340 g/mol. The van der Waals surface area contributed by atoms with Gasteiger partial charge < -0.3 is 9.84 Å². The largest absolute Gasteiger partial charge is 0.468 e. The average Bonchev–Trinajstić information content (AvgIpc) is 3.34. The number of fused-ring (bicyclic) bond motifs is 1. The first-order valence-electron chi connectivity index (χ1n) is 10.9. The van der Waals surface area contributed by atoms with Crippen molar-refractivity contribution in [3.05, 3.63) is 0 Å². The molecule has 3 heteroatoms. The van der Waals surface area contributed by atoms with Crippen molar-refractivity contribution in [3.8, 4) is 0 Å². The first kappa shape index (κ1) is 13.6. The predicted octanol–water partition coefficient (Wildman–Crippen LogP) is 2.72. The number of aliphatic hydroxyl groups is 1. The van der Waals surface area contributed by atoms with Crippen molar-refractivity contribution in [1.29, 1.82) is 0 Å². The molecule has 0 aliphatic heterocycles. The Hall–Kier alpha value is -0.570. The number of ether oxygens (including phenoxy) is 1. The lowest BCUT2D eigenvalue weighted by atomic mass is 9.43. The van der Waals surface area contributed by atoms with Crippen molar-refractivity contribution < 1.29 is 14.6 Å². The summed E-state index contributed by atoms with van der Waals surface area (Å²) in [5.74, 6) is 7.12. The van der Waals surface area contributed by atoms with Gasteiger partial charge in [-0.05, 0) is 90.8 Å². The zero-order chi connectivity index (χ0) is 16.7. The van der Waals surface area contributed by atoms with E-state index in [4.69, 9.17) is 4.74 Å². The first-order chi connectivity index (χ1) is 12.1.